The van der Waals surface area contributed by atoms with Gasteiger partial charge in [0.15, 0.2) is 5.57 Å². The second kappa shape index (κ2) is 7.91. The second-order valence-electron chi connectivity index (χ2n) is 3.58. The van der Waals surface area contributed by atoms with Crippen LogP contribution in [0.4, 0.5) is 0 Å². The molecule has 0 saturated carbocycles. The summed E-state index contributed by atoms with van der Waals surface area (Å²) in [6, 6.07) is 11.8. The van der Waals surface area contributed by atoms with Crippen molar-refractivity contribution in [1.82, 2.24) is 5.32 Å². The Balaban J connectivity index is 2.39. The van der Waals surface area contributed by atoms with Gasteiger partial charge in [-0.15, -0.1) is 0 Å². The van der Waals surface area contributed by atoms with Crippen molar-refractivity contribution in [1.29, 1.82) is 5.26 Å². The largest absolute Gasteiger partial charge is 0.462 e. The third-order valence-corrected chi connectivity index (χ3v) is 2.26. The highest BCUT2D eigenvalue weighted by atomic mass is 16.5. The van der Waals surface area contributed by atoms with Crippen LogP contribution in [0.5, 0.6) is 0 Å². The van der Waals surface area contributed by atoms with Gasteiger partial charge in [0.1, 0.15) is 6.07 Å². The van der Waals surface area contributed by atoms with Crippen molar-refractivity contribution < 1.29 is 9.53 Å². The molecule has 0 bridgehead atoms. The molecule has 1 aromatic rings. The van der Waals surface area contributed by atoms with E-state index in [1.54, 1.807) is 6.92 Å². The first-order valence-electron chi connectivity index (χ1n) is 5.82. The third kappa shape index (κ3) is 4.71. The molecule has 0 saturated heterocycles. The van der Waals surface area contributed by atoms with Gasteiger partial charge in [0.25, 0.3) is 0 Å². The summed E-state index contributed by atoms with van der Waals surface area (Å²) in [6.07, 6.45) is 2.24. The van der Waals surface area contributed by atoms with Gasteiger partial charge in [0.05, 0.1) is 6.61 Å². The summed E-state index contributed by atoms with van der Waals surface area (Å²) in [5, 5.41) is 11.7. The lowest BCUT2D eigenvalue weighted by Crippen LogP contribution is -2.14. The van der Waals surface area contributed by atoms with Gasteiger partial charge in [-0.25, -0.2) is 4.79 Å². The Labute approximate surface area is 107 Å². The fourth-order valence-electron chi connectivity index (χ4n) is 1.38. The molecular weight excluding hydrogens is 228 g/mol. The fourth-order valence-corrected chi connectivity index (χ4v) is 1.38. The van der Waals surface area contributed by atoms with Gasteiger partial charge < -0.3 is 10.1 Å². The first-order chi connectivity index (χ1) is 8.77. The van der Waals surface area contributed by atoms with Crippen LogP contribution in [-0.2, 0) is 16.0 Å². The van der Waals surface area contributed by atoms with Gasteiger partial charge in [0, 0.05) is 12.7 Å². The van der Waals surface area contributed by atoms with E-state index in [-0.39, 0.29) is 12.2 Å². The van der Waals surface area contributed by atoms with Crippen LogP contribution in [-0.4, -0.2) is 19.1 Å². The maximum absolute atomic E-state index is 11.3. The first-order valence-corrected chi connectivity index (χ1v) is 5.82. The number of carbonyl (C=O) groups excluding carboxylic acids is 1. The Morgan fingerprint density at radius 1 is 1.44 bits per heavy atom. The predicted octanol–water partition coefficient (Wildman–Crippen LogP) is 1.79. The Morgan fingerprint density at radius 2 is 2.17 bits per heavy atom. The Hall–Kier alpha value is -2.28. The van der Waals surface area contributed by atoms with E-state index in [0.29, 0.717) is 6.54 Å². The van der Waals surface area contributed by atoms with E-state index in [0.717, 1.165) is 6.42 Å². The van der Waals surface area contributed by atoms with Gasteiger partial charge in [-0.1, -0.05) is 30.3 Å². The number of carbonyl (C=O) groups is 1. The van der Waals surface area contributed by atoms with Gasteiger partial charge in [-0.2, -0.15) is 5.26 Å². The van der Waals surface area contributed by atoms with Crippen LogP contribution in [0, 0.1) is 11.3 Å². The SMILES string of the molecule is CCOC(=O)C(C#N)=CNCCc1ccccc1. The quantitative estimate of drug-likeness (QED) is 0.358. The van der Waals surface area contributed by atoms with Crippen LogP contribution in [0.1, 0.15) is 12.5 Å². The maximum atomic E-state index is 11.3. The molecule has 0 aliphatic heterocycles. The molecule has 4 nitrogen and oxygen atoms in total. The lowest BCUT2D eigenvalue weighted by molar-refractivity contribution is -0.138. The van der Waals surface area contributed by atoms with Gasteiger partial charge in [-0.3, -0.25) is 0 Å². The van der Waals surface area contributed by atoms with Gasteiger partial charge in [-0.05, 0) is 18.9 Å². The van der Waals surface area contributed by atoms with Crippen LogP contribution in [0.15, 0.2) is 42.1 Å². The summed E-state index contributed by atoms with van der Waals surface area (Å²) in [4.78, 5) is 11.3. The van der Waals surface area contributed by atoms with Crippen molar-refractivity contribution in [3.05, 3.63) is 47.7 Å². The zero-order valence-corrected chi connectivity index (χ0v) is 10.3. The molecule has 1 N–H and O–H groups in total. The van der Waals surface area contributed by atoms with Crippen LogP contribution >= 0.6 is 0 Å². The molecule has 0 atom stereocenters. The minimum atomic E-state index is -0.591. The van der Waals surface area contributed by atoms with Gasteiger partial charge >= 0.3 is 5.97 Å². The number of nitrogens with one attached hydrogen (secondary N) is 1. The zero-order chi connectivity index (χ0) is 13.2. The molecular formula is C14H16N2O2. The Morgan fingerprint density at radius 3 is 2.78 bits per heavy atom. The van der Waals surface area contributed by atoms with Crippen molar-refractivity contribution in [2.75, 3.05) is 13.2 Å². The van der Waals surface area contributed by atoms with Crippen LogP contribution < -0.4 is 5.32 Å². The smallest absolute Gasteiger partial charge is 0.350 e. The van der Waals surface area contributed by atoms with Crippen LogP contribution in [0.2, 0.25) is 0 Å². The number of esters is 1. The minimum absolute atomic E-state index is 0.00934. The number of hydrogen-bond donors (Lipinski definition) is 1. The highest BCUT2D eigenvalue weighted by Gasteiger charge is 2.08. The summed E-state index contributed by atoms with van der Waals surface area (Å²) < 4.78 is 4.74. The molecule has 0 fully saturated rings. The topological polar surface area (TPSA) is 62.1 Å². The van der Waals surface area contributed by atoms with E-state index >= 15 is 0 Å². The second-order valence-corrected chi connectivity index (χ2v) is 3.58. The molecule has 0 heterocycles. The van der Waals surface area contributed by atoms with Crippen molar-refractivity contribution in [3.63, 3.8) is 0 Å². The Bertz CT molecular complexity index is 447. The summed E-state index contributed by atoms with van der Waals surface area (Å²) in [5.74, 6) is -0.591. The normalized spacial score (nSPS) is 10.6. The average Bonchev–Trinajstić information content (AvgIpc) is 2.40. The average molecular weight is 244 g/mol. The lowest BCUT2D eigenvalue weighted by Gasteiger charge is -2.03. The molecule has 0 aliphatic carbocycles. The maximum Gasteiger partial charge on any atom is 0.350 e. The minimum Gasteiger partial charge on any atom is -0.462 e. The zero-order valence-electron chi connectivity index (χ0n) is 10.3. The highest BCUT2D eigenvalue weighted by molar-refractivity contribution is 5.92. The van der Waals surface area contributed by atoms with E-state index < -0.39 is 5.97 Å². The molecule has 18 heavy (non-hydrogen) atoms. The molecule has 1 rings (SSSR count). The molecule has 4 heteroatoms. The van der Waals surface area contributed by atoms with E-state index in [4.69, 9.17) is 10.00 Å². The number of benzene rings is 1. The molecule has 0 spiro atoms. The standard InChI is InChI=1S/C14H16N2O2/c1-2-18-14(17)13(10-15)11-16-9-8-12-6-4-3-5-7-12/h3-7,11,16H,2,8-9H2,1H3. The molecule has 0 aromatic heterocycles. The highest BCUT2D eigenvalue weighted by Crippen LogP contribution is 1.99. The number of rotatable bonds is 6. The monoisotopic (exact) mass is 244 g/mol. The molecule has 0 amide bonds. The van der Waals surface area contributed by atoms with Crippen LogP contribution in [0.3, 0.4) is 0 Å². The summed E-state index contributed by atoms with van der Waals surface area (Å²) >= 11 is 0. The van der Waals surface area contributed by atoms with Crippen molar-refractivity contribution in [2.24, 2.45) is 0 Å². The van der Waals surface area contributed by atoms with E-state index in [9.17, 15) is 4.79 Å². The van der Waals surface area contributed by atoms with Gasteiger partial charge in [0.2, 0.25) is 0 Å². The van der Waals surface area contributed by atoms with E-state index in [1.165, 1.54) is 11.8 Å². The molecule has 0 radical (unpaired) electrons. The van der Waals surface area contributed by atoms with Crippen molar-refractivity contribution >= 4 is 5.97 Å². The number of nitrogens with zero attached hydrogens (tertiary/aromatic N) is 1. The number of hydrogen-bond acceptors (Lipinski definition) is 4. The first kappa shape index (κ1) is 13.8. The number of ether oxygens (including phenoxy) is 1. The Kier molecular flexibility index (Phi) is 6.05. The van der Waals surface area contributed by atoms with Crippen molar-refractivity contribution in [2.45, 2.75) is 13.3 Å². The summed E-state index contributed by atoms with van der Waals surface area (Å²) in [5.41, 5.74) is 1.19. The number of nitriles is 1. The van der Waals surface area contributed by atoms with Crippen molar-refractivity contribution in [3.8, 4) is 6.07 Å². The lowest BCUT2D eigenvalue weighted by atomic mass is 10.1. The van der Waals surface area contributed by atoms with Crippen LogP contribution in [0.25, 0.3) is 0 Å². The molecule has 1 aromatic carbocycles. The predicted molar refractivity (Wildman–Crippen MR) is 68.5 cm³/mol. The third-order valence-electron chi connectivity index (χ3n) is 2.26. The fraction of sp³-hybridized carbons (Fsp3) is 0.286. The molecule has 0 unspecified atom stereocenters. The van der Waals surface area contributed by atoms with E-state index in [1.807, 2.05) is 36.4 Å². The molecule has 94 valence electrons. The molecule has 0 aliphatic rings. The summed E-state index contributed by atoms with van der Waals surface area (Å²) in [7, 11) is 0. The van der Waals surface area contributed by atoms with E-state index in [2.05, 4.69) is 5.32 Å². The summed E-state index contributed by atoms with van der Waals surface area (Å²) in [6.45, 7) is 2.63.